The van der Waals surface area contributed by atoms with Gasteiger partial charge in [0.05, 0.1) is 26.0 Å². The maximum absolute atomic E-state index is 12.5. The van der Waals surface area contributed by atoms with Gasteiger partial charge in [0.1, 0.15) is 11.9 Å². The second-order valence-electron chi connectivity index (χ2n) is 6.50. The largest absolute Gasteiger partial charge is 0.497 e. The molecule has 3 heterocycles. The average molecular weight is 379 g/mol. The van der Waals surface area contributed by atoms with Gasteiger partial charge in [0, 0.05) is 18.9 Å². The molecule has 8 nitrogen and oxygen atoms in total. The second kappa shape index (κ2) is 8.18. The van der Waals surface area contributed by atoms with Crippen LogP contribution in [0, 0.1) is 0 Å². The molecule has 0 unspecified atom stereocenters. The van der Waals surface area contributed by atoms with Gasteiger partial charge in [0.15, 0.2) is 5.69 Å². The highest BCUT2D eigenvalue weighted by Crippen LogP contribution is 2.28. The summed E-state index contributed by atoms with van der Waals surface area (Å²) >= 11 is 0. The normalized spacial score (nSPS) is 15.7. The van der Waals surface area contributed by atoms with E-state index in [-0.39, 0.29) is 18.6 Å². The summed E-state index contributed by atoms with van der Waals surface area (Å²) in [6.07, 6.45) is 4.07. The maximum atomic E-state index is 12.5. The summed E-state index contributed by atoms with van der Waals surface area (Å²) in [5.41, 5.74) is 3.17. The molecular formula is C20H21N5O3. The lowest BCUT2D eigenvalue weighted by Crippen LogP contribution is -2.29. The first kappa shape index (κ1) is 18.1. The summed E-state index contributed by atoms with van der Waals surface area (Å²) in [5, 5.41) is 11.1. The van der Waals surface area contributed by atoms with Gasteiger partial charge in [-0.15, -0.1) is 5.10 Å². The quantitative estimate of drug-likeness (QED) is 0.704. The molecule has 0 bridgehead atoms. The van der Waals surface area contributed by atoms with Crippen LogP contribution in [0.5, 0.6) is 5.75 Å². The Labute approximate surface area is 162 Å². The highest BCUT2D eigenvalue weighted by Gasteiger charge is 2.27. The van der Waals surface area contributed by atoms with Gasteiger partial charge < -0.3 is 14.8 Å². The van der Waals surface area contributed by atoms with Crippen molar-refractivity contribution in [1.29, 1.82) is 0 Å². The summed E-state index contributed by atoms with van der Waals surface area (Å²) in [5.74, 6) is 0.563. The third-order valence-electron chi connectivity index (χ3n) is 4.75. The minimum absolute atomic E-state index is 0.136. The van der Waals surface area contributed by atoms with Crippen molar-refractivity contribution < 1.29 is 14.3 Å². The molecule has 144 valence electrons. The van der Waals surface area contributed by atoms with Crippen molar-refractivity contribution >= 4 is 5.91 Å². The van der Waals surface area contributed by atoms with Crippen molar-refractivity contribution in [3.05, 3.63) is 71.3 Å². The lowest BCUT2D eigenvalue weighted by molar-refractivity contribution is -0.00179. The van der Waals surface area contributed by atoms with Gasteiger partial charge in [-0.1, -0.05) is 17.3 Å². The topological polar surface area (TPSA) is 91.2 Å². The van der Waals surface area contributed by atoms with Crippen LogP contribution >= 0.6 is 0 Å². The molecule has 8 heteroatoms. The molecule has 28 heavy (non-hydrogen) atoms. The van der Waals surface area contributed by atoms with E-state index >= 15 is 0 Å². The Balaban J connectivity index is 1.38. The molecule has 1 aliphatic rings. The molecule has 0 saturated carbocycles. The molecule has 1 N–H and O–H groups in total. The molecular weight excluding hydrogens is 358 g/mol. The Bertz CT molecular complexity index is 940. The summed E-state index contributed by atoms with van der Waals surface area (Å²) in [6, 6.07) is 11.6. The van der Waals surface area contributed by atoms with Gasteiger partial charge in [0.25, 0.3) is 5.91 Å². The van der Waals surface area contributed by atoms with Gasteiger partial charge in [0.2, 0.25) is 0 Å². The van der Waals surface area contributed by atoms with Crippen molar-refractivity contribution in [2.75, 3.05) is 13.7 Å². The van der Waals surface area contributed by atoms with Crippen molar-refractivity contribution in [3.63, 3.8) is 0 Å². The number of carbonyl (C=O) groups is 1. The molecule has 0 radical (unpaired) electrons. The average Bonchev–Trinajstić information content (AvgIpc) is 3.18. The van der Waals surface area contributed by atoms with Gasteiger partial charge in [-0.3, -0.25) is 9.78 Å². The number of nitrogens with zero attached hydrogens (tertiary/aromatic N) is 4. The number of fused-ring (bicyclic) bond motifs is 1. The van der Waals surface area contributed by atoms with Crippen molar-refractivity contribution in [2.24, 2.45) is 0 Å². The van der Waals surface area contributed by atoms with Crippen LogP contribution in [0.1, 0.15) is 33.4 Å². The zero-order valence-electron chi connectivity index (χ0n) is 15.5. The van der Waals surface area contributed by atoms with Crippen LogP contribution in [-0.4, -0.2) is 39.5 Å². The number of nitrogens with one attached hydrogen (secondary N) is 1. The number of aromatic nitrogens is 4. The van der Waals surface area contributed by atoms with Crippen LogP contribution in [0.4, 0.5) is 0 Å². The Morgan fingerprint density at radius 2 is 2.04 bits per heavy atom. The summed E-state index contributed by atoms with van der Waals surface area (Å²) in [6.45, 7) is 1.32. The Morgan fingerprint density at radius 1 is 1.25 bits per heavy atom. The first-order chi connectivity index (χ1) is 13.7. The van der Waals surface area contributed by atoms with E-state index in [0.717, 1.165) is 23.3 Å². The highest BCUT2D eigenvalue weighted by atomic mass is 16.5. The van der Waals surface area contributed by atoms with Gasteiger partial charge >= 0.3 is 0 Å². The zero-order valence-corrected chi connectivity index (χ0v) is 15.5. The fourth-order valence-corrected chi connectivity index (χ4v) is 3.16. The standard InChI is InChI=1S/C20H21N5O3/c1-27-16-4-2-15(3-5-16)18-12-25-17(13-28-18)19(23-24-25)20(26)22-11-8-14-6-9-21-10-7-14/h2-7,9-10,18H,8,11-13H2,1H3,(H,22,26)/t18-/m1/s1. The third kappa shape index (κ3) is 3.86. The smallest absolute Gasteiger partial charge is 0.273 e. The molecule has 4 rings (SSSR count). The number of carbonyl (C=O) groups excluding carboxylic acids is 1. The molecule has 3 aromatic rings. The number of hydrogen-bond acceptors (Lipinski definition) is 6. The molecule has 0 saturated heterocycles. The number of amides is 1. The van der Waals surface area contributed by atoms with Crippen LogP contribution in [0.2, 0.25) is 0 Å². The highest BCUT2D eigenvalue weighted by molar-refractivity contribution is 5.93. The lowest BCUT2D eigenvalue weighted by atomic mass is 10.1. The van der Waals surface area contributed by atoms with E-state index in [1.165, 1.54) is 0 Å². The number of hydrogen-bond donors (Lipinski definition) is 1. The molecule has 1 aliphatic heterocycles. The first-order valence-electron chi connectivity index (χ1n) is 9.09. The molecule has 0 fully saturated rings. The van der Waals surface area contributed by atoms with Crippen LogP contribution < -0.4 is 10.1 Å². The van der Waals surface area contributed by atoms with E-state index in [4.69, 9.17) is 9.47 Å². The van der Waals surface area contributed by atoms with Crippen LogP contribution in [0.15, 0.2) is 48.8 Å². The number of methoxy groups -OCH3 is 1. The first-order valence-corrected chi connectivity index (χ1v) is 9.09. The zero-order chi connectivity index (χ0) is 19.3. The monoisotopic (exact) mass is 379 g/mol. The van der Waals surface area contributed by atoms with E-state index in [2.05, 4.69) is 20.6 Å². The predicted octanol–water partition coefficient (Wildman–Crippen LogP) is 1.93. The molecule has 1 atom stereocenters. The van der Waals surface area contributed by atoms with Crippen molar-refractivity contribution in [2.45, 2.75) is 25.7 Å². The summed E-state index contributed by atoms with van der Waals surface area (Å²) < 4.78 is 12.9. The number of ether oxygens (including phenoxy) is 2. The van der Waals surface area contributed by atoms with E-state index in [0.29, 0.717) is 24.5 Å². The fourth-order valence-electron chi connectivity index (χ4n) is 3.16. The van der Waals surface area contributed by atoms with E-state index in [9.17, 15) is 4.79 Å². The van der Waals surface area contributed by atoms with Crippen LogP contribution in [0.3, 0.4) is 0 Å². The maximum Gasteiger partial charge on any atom is 0.273 e. The minimum atomic E-state index is -0.234. The molecule has 1 aromatic carbocycles. The molecule has 2 aromatic heterocycles. The van der Waals surface area contributed by atoms with Gasteiger partial charge in [-0.25, -0.2) is 4.68 Å². The molecule has 0 spiro atoms. The second-order valence-corrected chi connectivity index (χ2v) is 6.50. The van der Waals surface area contributed by atoms with E-state index in [1.54, 1.807) is 24.2 Å². The SMILES string of the molecule is COc1ccc([C@H]2Cn3nnc(C(=O)NCCc4ccncc4)c3CO2)cc1. The fraction of sp³-hybridized carbons (Fsp3) is 0.300. The predicted molar refractivity (Wildman–Crippen MR) is 101 cm³/mol. The lowest BCUT2D eigenvalue weighted by Gasteiger charge is -2.24. The number of benzene rings is 1. The summed E-state index contributed by atoms with van der Waals surface area (Å²) in [7, 11) is 1.64. The Morgan fingerprint density at radius 3 is 2.79 bits per heavy atom. The minimum Gasteiger partial charge on any atom is -0.497 e. The number of rotatable bonds is 6. The van der Waals surface area contributed by atoms with E-state index in [1.807, 2.05) is 36.4 Å². The van der Waals surface area contributed by atoms with Crippen LogP contribution in [-0.2, 0) is 24.3 Å². The Kier molecular flexibility index (Phi) is 5.29. The molecule has 0 aliphatic carbocycles. The van der Waals surface area contributed by atoms with Crippen molar-refractivity contribution in [1.82, 2.24) is 25.3 Å². The molecule has 1 amide bonds. The Hall–Kier alpha value is -3.26. The van der Waals surface area contributed by atoms with E-state index < -0.39 is 0 Å². The number of pyridine rings is 1. The summed E-state index contributed by atoms with van der Waals surface area (Å²) in [4.78, 5) is 16.5. The van der Waals surface area contributed by atoms with Gasteiger partial charge in [-0.2, -0.15) is 0 Å². The third-order valence-corrected chi connectivity index (χ3v) is 4.75. The van der Waals surface area contributed by atoms with Gasteiger partial charge in [-0.05, 0) is 41.8 Å². The van der Waals surface area contributed by atoms with Crippen LogP contribution in [0.25, 0.3) is 0 Å². The van der Waals surface area contributed by atoms with Crippen molar-refractivity contribution in [3.8, 4) is 5.75 Å².